The quantitative estimate of drug-likeness (QED) is 0.217. The maximum atomic E-state index is 11.8. The summed E-state index contributed by atoms with van der Waals surface area (Å²) in [6.07, 6.45) is 0. The number of esters is 1. The lowest BCUT2D eigenvalue weighted by Crippen LogP contribution is -2.04. The number of hydrogen-bond acceptors (Lipinski definition) is 10. The fourth-order valence-electron chi connectivity index (χ4n) is 3.42. The number of imidazole rings is 1. The van der Waals surface area contributed by atoms with Crippen molar-refractivity contribution in [3.63, 3.8) is 0 Å². The summed E-state index contributed by atoms with van der Waals surface area (Å²) in [6, 6.07) is 16.4. The summed E-state index contributed by atoms with van der Waals surface area (Å²) in [5.41, 5.74) is 0.357. The summed E-state index contributed by atoms with van der Waals surface area (Å²) in [6.45, 7) is 4.12. The predicted molar refractivity (Wildman–Crippen MR) is 130 cm³/mol. The van der Waals surface area contributed by atoms with Crippen LogP contribution in [-0.2, 0) is 4.74 Å². The number of aromatic nitrogens is 2. The number of carbonyl (C=O) groups is 1. The molecule has 190 valence electrons. The van der Waals surface area contributed by atoms with Gasteiger partial charge in [0.25, 0.3) is 11.4 Å². The van der Waals surface area contributed by atoms with E-state index in [9.17, 15) is 35.1 Å². The lowest BCUT2D eigenvalue weighted by Gasteiger charge is -2.06. The standard InChI is InChI=1S/C17H16N2O2.C6H3N3O7/c1-3-21-17(20)13-9-10-16-15(11-13)18-12(2)19(16)14-7-5-4-6-8-14;10-6-4(8(13)14)1-3(7(11)12)2-5(6)9(15)16/h4-11H,3H2,1-2H3;1-2,10H. The number of aryl methyl sites for hydroxylation is 1. The second-order valence-electron chi connectivity index (χ2n) is 7.36. The highest BCUT2D eigenvalue weighted by molar-refractivity contribution is 5.94. The minimum Gasteiger partial charge on any atom is -0.497 e. The number of non-ortho nitro benzene ring substituents is 1. The number of rotatable bonds is 6. The van der Waals surface area contributed by atoms with Gasteiger partial charge in [0.2, 0.25) is 0 Å². The first-order valence-corrected chi connectivity index (χ1v) is 10.6. The fourth-order valence-corrected chi connectivity index (χ4v) is 3.42. The summed E-state index contributed by atoms with van der Waals surface area (Å²) < 4.78 is 7.10. The Morgan fingerprint density at radius 2 is 1.54 bits per heavy atom. The van der Waals surface area contributed by atoms with Crippen LogP contribution in [0.3, 0.4) is 0 Å². The number of benzene rings is 3. The molecule has 0 atom stereocenters. The van der Waals surface area contributed by atoms with E-state index in [-0.39, 0.29) is 5.97 Å². The van der Waals surface area contributed by atoms with E-state index in [1.807, 2.05) is 43.3 Å². The molecule has 0 spiro atoms. The monoisotopic (exact) mass is 509 g/mol. The number of phenols is 1. The van der Waals surface area contributed by atoms with Gasteiger partial charge in [-0.3, -0.25) is 34.9 Å². The molecule has 4 aromatic rings. The van der Waals surface area contributed by atoms with E-state index >= 15 is 0 Å². The van der Waals surface area contributed by atoms with Gasteiger partial charge in [-0.1, -0.05) is 18.2 Å². The van der Waals surface area contributed by atoms with Crippen LogP contribution in [0.2, 0.25) is 0 Å². The van der Waals surface area contributed by atoms with Crippen LogP contribution < -0.4 is 0 Å². The Labute approximate surface area is 207 Å². The van der Waals surface area contributed by atoms with Crippen molar-refractivity contribution in [2.45, 2.75) is 13.8 Å². The first kappa shape index (κ1) is 26.2. The highest BCUT2D eigenvalue weighted by Crippen LogP contribution is 2.39. The number of carbonyl (C=O) groups excluding carboxylic acids is 1. The zero-order valence-electron chi connectivity index (χ0n) is 19.4. The number of para-hydroxylation sites is 1. The Morgan fingerprint density at radius 1 is 0.946 bits per heavy atom. The summed E-state index contributed by atoms with van der Waals surface area (Å²) in [5.74, 6) is -0.635. The van der Waals surface area contributed by atoms with Gasteiger partial charge in [0, 0.05) is 5.69 Å². The van der Waals surface area contributed by atoms with Crippen LogP contribution in [0.4, 0.5) is 17.1 Å². The van der Waals surface area contributed by atoms with E-state index in [2.05, 4.69) is 9.55 Å². The maximum Gasteiger partial charge on any atom is 0.338 e. The van der Waals surface area contributed by atoms with Gasteiger partial charge >= 0.3 is 17.3 Å². The number of nitro benzene ring substituents is 3. The lowest BCUT2D eigenvalue weighted by atomic mass is 10.2. The molecule has 1 N–H and O–H groups in total. The second kappa shape index (κ2) is 10.9. The van der Waals surface area contributed by atoms with Crippen LogP contribution in [0, 0.1) is 37.3 Å². The van der Waals surface area contributed by atoms with Gasteiger partial charge in [-0.2, -0.15) is 0 Å². The molecule has 37 heavy (non-hydrogen) atoms. The molecule has 0 bridgehead atoms. The van der Waals surface area contributed by atoms with Gasteiger partial charge in [0.15, 0.2) is 0 Å². The van der Waals surface area contributed by atoms with Crippen molar-refractivity contribution < 1.29 is 29.4 Å². The third-order valence-electron chi connectivity index (χ3n) is 5.01. The predicted octanol–water partition coefficient (Wildman–Crippen LogP) is 4.63. The molecule has 0 fully saturated rings. The molecule has 1 heterocycles. The number of phenolic OH excluding ortho intramolecular Hbond substituents is 1. The van der Waals surface area contributed by atoms with Gasteiger partial charge in [-0.25, -0.2) is 9.78 Å². The molecule has 0 amide bonds. The van der Waals surface area contributed by atoms with Crippen LogP contribution >= 0.6 is 0 Å². The van der Waals surface area contributed by atoms with Crippen molar-refractivity contribution in [1.82, 2.24) is 9.55 Å². The van der Waals surface area contributed by atoms with Crippen molar-refractivity contribution in [3.8, 4) is 11.4 Å². The summed E-state index contributed by atoms with van der Waals surface area (Å²) in [7, 11) is 0. The Kier molecular flexibility index (Phi) is 7.72. The Balaban J connectivity index is 0.000000214. The van der Waals surface area contributed by atoms with Gasteiger partial charge in [0.1, 0.15) is 5.82 Å². The fraction of sp³-hybridized carbons (Fsp3) is 0.130. The molecule has 0 aliphatic rings. The number of nitrogens with zero attached hydrogens (tertiary/aromatic N) is 5. The molecule has 14 heteroatoms. The Hall–Kier alpha value is -5.40. The molecular formula is C23H19N5O9. The van der Waals surface area contributed by atoms with Gasteiger partial charge in [-0.15, -0.1) is 0 Å². The molecule has 1 aromatic heterocycles. The van der Waals surface area contributed by atoms with E-state index < -0.39 is 37.6 Å². The molecule has 4 rings (SSSR count). The van der Waals surface area contributed by atoms with Crippen molar-refractivity contribution in [1.29, 1.82) is 0 Å². The highest BCUT2D eigenvalue weighted by atomic mass is 16.6. The van der Waals surface area contributed by atoms with Crippen molar-refractivity contribution >= 4 is 34.1 Å². The van der Waals surface area contributed by atoms with Crippen LogP contribution in [0.25, 0.3) is 16.7 Å². The topological polar surface area (TPSA) is 194 Å². The van der Waals surface area contributed by atoms with Crippen molar-refractivity contribution in [2.24, 2.45) is 0 Å². The third kappa shape index (κ3) is 5.64. The average Bonchev–Trinajstić information content (AvgIpc) is 3.19. The minimum atomic E-state index is -1.21. The number of hydrogen-bond donors (Lipinski definition) is 1. The third-order valence-corrected chi connectivity index (χ3v) is 5.01. The number of aromatic hydroxyl groups is 1. The summed E-state index contributed by atoms with van der Waals surface area (Å²) in [5, 5.41) is 40.2. The number of ether oxygens (including phenoxy) is 1. The molecule has 0 radical (unpaired) electrons. The van der Waals surface area contributed by atoms with E-state index in [0.717, 1.165) is 22.5 Å². The van der Waals surface area contributed by atoms with E-state index in [1.165, 1.54) is 0 Å². The van der Waals surface area contributed by atoms with Crippen LogP contribution in [0.5, 0.6) is 5.75 Å². The number of nitro groups is 3. The maximum absolute atomic E-state index is 11.8. The molecule has 0 saturated carbocycles. The highest BCUT2D eigenvalue weighted by Gasteiger charge is 2.30. The number of fused-ring (bicyclic) bond motifs is 1. The van der Waals surface area contributed by atoms with Crippen LogP contribution in [0.1, 0.15) is 23.1 Å². The first-order chi connectivity index (χ1) is 17.5. The zero-order valence-corrected chi connectivity index (χ0v) is 19.4. The Morgan fingerprint density at radius 3 is 2.05 bits per heavy atom. The van der Waals surface area contributed by atoms with Gasteiger partial charge in [-0.05, 0) is 44.2 Å². The molecule has 3 aromatic carbocycles. The normalized spacial score (nSPS) is 10.3. The second-order valence-corrected chi connectivity index (χ2v) is 7.36. The van der Waals surface area contributed by atoms with Crippen LogP contribution in [-0.4, -0.2) is 42.0 Å². The van der Waals surface area contributed by atoms with E-state index in [1.54, 1.807) is 19.1 Å². The summed E-state index contributed by atoms with van der Waals surface area (Å²) >= 11 is 0. The van der Waals surface area contributed by atoms with Gasteiger partial charge < -0.3 is 9.84 Å². The lowest BCUT2D eigenvalue weighted by molar-refractivity contribution is -0.404. The van der Waals surface area contributed by atoms with Gasteiger partial charge in [0.05, 0.1) is 50.1 Å². The molecule has 0 saturated heterocycles. The molecule has 0 aliphatic carbocycles. The zero-order chi connectivity index (χ0) is 27.3. The van der Waals surface area contributed by atoms with Crippen LogP contribution in [0.15, 0.2) is 60.7 Å². The average molecular weight is 509 g/mol. The van der Waals surface area contributed by atoms with E-state index in [0.29, 0.717) is 24.3 Å². The molecule has 0 unspecified atom stereocenters. The van der Waals surface area contributed by atoms with Crippen molar-refractivity contribution in [3.05, 3.63) is 102 Å². The smallest absolute Gasteiger partial charge is 0.338 e. The Bertz CT molecular complexity index is 1480. The minimum absolute atomic E-state index is 0.314. The molecule has 0 aliphatic heterocycles. The first-order valence-electron chi connectivity index (χ1n) is 10.6. The van der Waals surface area contributed by atoms with E-state index in [4.69, 9.17) is 9.84 Å². The summed E-state index contributed by atoms with van der Waals surface area (Å²) in [4.78, 5) is 44.1. The SMILES string of the molecule is CCOC(=O)c1ccc2c(c1)nc(C)n2-c1ccccc1.O=[N+]([O-])c1cc([N+](=O)[O-])c(O)c([N+](=O)[O-])c1. The molecule has 14 nitrogen and oxygen atoms in total. The van der Waals surface area contributed by atoms with Crippen molar-refractivity contribution in [2.75, 3.05) is 6.61 Å². The largest absolute Gasteiger partial charge is 0.497 e. The molecular weight excluding hydrogens is 490 g/mol.